The van der Waals surface area contributed by atoms with E-state index < -0.39 is 5.25 Å². The molecule has 0 aromatic heterocycles. The Morgan fingerprint density at radius 3 is 2.57 bits per heavy atom. The van der Waals surface area contributed by atoms with Crippen LogP contribution in [0.3, 0.4) is 0 Å². The van der Waals surface area contributed by atoms with Crippen LogP contribution < -0.4 is 25.5 Å². The lowest BCUT2D eigenvalue weighted by atomic mass is 10.2. The van der Waals surface area contributed by atoms with E-state index in [9.17, 15) is 9.59 Å². The van der Waals surface area contributed by atoms with Crippen molar-refractivity contribution in [1.82, 2.24) is 5.32 Å². The monoisotopic (exact) mass is 400 g/mol. The highest BCUT2D eigenvalue weighted by Crippen LogP contribution is 2.30. The SMILES string of the molecule is COc1ccc(NC(=O)C[C@H]2S/C(=N/Nc3ccccc3)NC2=O)cc1OC. The van der Waals surface area contributed by atoms with Gasteiger partial charge in [-0.2, -0.15) is 0 Å². The first-order valence-electron chi connectivity index (χ1n) is 8.47. The summed E-state index contributed by atoms with van der Waals surface area (Å²) in [6.07, 6.45) is 0.0230. The number of amidine groups is 1. The summed E-state index contributed by atoms with van der Waals surface area (Å²) >= 11 is 1.21. The molecule has 1 atom stereocenters. The van der Waals surface area contributed by atoms with Crippen LogP contribution in [0.1, 0.15) is 6.42 Å². The Kier molecular flexibility index (Phi) is 6.38. The number of hydrogen-bond donors (Lipinski definition) is 3. The minimum Gasteiger partial charge on any atom is -0.493 e. The molecular weight excluding hydrogens is 380 g/mol. The molecule has 9 heteroatoms. The van der Waals surface area contributed by atoms with Gasteiger partial charge in [0.2, 0.25) is 11.8 Å². The van der Waals surface area contributed by atoms with Crippen molar-refractivity contribution in [3.05, 3.63) is 48.5 Å². The fourth-order valence-corrected chi connectivity index (χ4v) is 3.44. The Hall–Kier alpha value is -3.20. The molecule has 146 valence electrons. The summed E-state index contributed by atoms with van der Waals surface area (Å²) < 4.78 is 10.4. The molecule has 1 heterocycles. The van der Waals surface area contributed by atoms with E-state index >= 15 is 0 Å². The molecule has 2 aromatic carbocycles. The second kappa shape index (κ2) is 9.14. The molecule has 1 aliphatic heterocycles. The van der Waals surface area contributed by atoms with Gasteiger partial charge in [-0.05, 0) is 24.3 Å². The molecule has 0 aliphatic carbocycles. The lowest BCUT2D eigenvalue weighted by molar-refractivity contribution is -0.122. The van der Waals surface area contributed by atoms with E-state index in [0.29, 0.717) is 22.4 Å². The lowest BCUT2D eigenvalue weighted by Gasteiger charge is -2.11. The van der Waals surface area contributed by atoms with E-state index in [1.54, 1.807) is 18.2 Å². The van der Waals surface area contributed by atoms with Crippen molar-refractivity contribution in [3.8, 4) is 11.5 Å². The molecule has 0 saturated carbocycles. The predicted molar refractivity (Wildman–Crippen MR) is 110 cm³/mol. The summed E-state index contributed by atoms with van der Waals surface area (Å²) in [5.41, 5.74) is 4.24. The average Bonchev–Trinajstić information content (AvgIpc) is 3.06. The fraction of sp³-hybridized carbons (Fsp3) is 0.211. The number of hydrogen-bond acceptors (Lipinski definition) is 7. The number of hydrazone groups is 1. The number of rotatable bonds is 7. The van der Waals surface area contributed by atoms with E-state index in [-0.39, 0.29) is 18.2 Å². The molecule has 0 radical (unpaired) electrons. The van der Waals surface area contributed by atoms with E-state index in [4.69, 9.17) is 9.47 Å². The smallest absolute Gasteiger partial charge is 0.240 e. The number of thioether (sulfide) groups is 1. The molecule has 1 saturated heterocycles. The molecule has 1 aliphatic rings. The first-order valence-corrected chi connectivity index (χ1v) is 9.35. The molecule has 2 aromatic rings. The molecule has 3 rings (SSSR count). The molecule has 2 amide bonds. The highest BCUT2D eigenvalue weighted by molar-refractivity contribution is 8.15. The Morgan fingerprint density at radius 1 is 1.11 bits per heavy atom. The number of ether oxygens (including phenoxy) is 2. The predicted octanol–water partition coefficient (Wildman–Crippen LogP) is 2.65. The number of carbonyl (C=O) groups is 2. The van der Waals surface area contributed by atoms with Crippen molar-refractivity contribution in [1.29, 1.82) is 0 Å². The van der Waals surface area contributed by atoms with Crippen LogP contribution in [0.4, 0.5) is 11.4 Å². The quantitative estimate of drug-likeness (QED) is 0.618. The van der Waals surface area contributed by atoms with Crippen LogP contribution in [-0.2, 0) is 9.59 Å². The van der Waals surface area contributed by atoms with Gasteiger partial charge >= 0.3 is 0 Å². The molecule has 0 bridgehead atoms. The standard InChI is InChI=1S/C19H20N4O4S/c1-26-14-9-8-13(10-15(14)27-2)20-17(24)11-16-18(25)21-19(28-16)23-22-12-6-4-3-5-7-12/h3-10,16,22H,11H2,1-2H3,(H,20,24)(H,21,23,25)/t16-/m1/s1. The Labute approximate surface area is 166 Å². The summed E-state index contributed by atoms with van der Waals surface area (Å²) in [6.45, 7) is 0. The van der Waals surface area contributed by atoms with Gasteiger partial charge in [-0.15, -0.1) is 5.10 Å². The van der Waals surface area contributed by atoms with Crippen LogP contribution in [0.25, 0.3) is 0 Å². The summed E-state index contributed by atoms with van der Waals surface area (Å²) in [5, 5.41) is 9.48. The van der Waals surface area contributed by atoms with Crippen LogP contribution in [0, 0.1) is 0 Å². The zero-order chi connectivity index (χ0) is 19.9. The van der Waals surface area contributed by atoms with Crippen molar-refractivity contribution in [3.63, 3.8) is 0 Å². The average molecular weight is 400 g/mol. The van der Waals surface area contributed by atoms with Crippen LogP contribution in [0.15, 0.2) is 53.6 Å². The minimum absolute atomic E-state index is 0.0230. The zero-order valence-electron chi connectivity index (χ0n) is 15.4. The molecule has 8 nitrogen and oxygen atoms in total. The third-order valence-corrected chi connectivity index (χ3v) is 4.96. The van der Waals surface area contributed by atoms with Gasteiger partial charge in [-0.25, -0.2) is 0 Å². The fourth-order valence-electron chi connectivity index (χ4n) is 2.51. The summed E-state index contributed by atoms with van der Waals surface area (Å²) in [7, 11) is 3.06. The summed E-state index contributed by atoms with van der Waals surface area (Å²) in [5.74, 6) is 0.547. The highest BCUT2D eigenvalue weighted by Gasteiger charge is 2.32. The van der Waals surface area contributed by atoms with Crippen molar-refractivity contribution in [2.75, 3.05) is 25.0 Å². The van der Waals surface area contributed by atoms with Crippen molar-refractivity contribution < 1.29 is 19.1 Å². The van der Waals surface area contributed by atoms with Crippen LogP contribution in [0.2, 0.25) is 0 Å². The number of benzene rings is 2. The molecular formula is C19H20N4O4S. The van der Waals surface area contributed by atoms with Gasteiger partial charge in [0.25, 0.3) is 0 Å². The Morgan fingerprint density at radius 2 is 1.86 bits per heavy atom. The number of anilines is 2. The topological polar surface area (TPSA) is 101 Å². The first kappa shape index (κ1) is 19.6. The van der Waals surface area contributed by atoms with Crippen molar-refractivity contribution in [2.45, 2.75) is 11.7 Å². The van der Waals surface area contributed by atoms with Gasteiger partial charge in [0.05, 0.1) is 19.9 Å². The van der Waals surface area contributed by atoms with Gasteiger partial charge in [0.1, 0.15) is 5.25 Å². The summed E-state index contributed by atoms with van der Waals surface area (Å²) in [6, 6.07) is 14.4. The van der Waals surface area contributed by atoms with Crippen LogP contribution in [0.5, 0.6) is 11.5 Å². The third-order valence-electron chi connectivity index (χ3n) is 3.87. The normalized spacial score (nSPS) is 17.1. The van der Waals surface area contributed by atoms with E-state index in [0.717, 1.165) is 5.69 Å². The van der Waals surface area contributed by atoms with Crippen LogP contribution >= 0.6 is 11.8 Å². The maximum Gasteiger partial charge on any atom is 0.240 e. The van der Waals surface area contributed by atoms with Gasteiger partial charge in [0, 0.05) is 18.2 Å². The van der Waals surface area contributed by atoms with E-state index in [2.05, 4.69) is 21.2 Å². The molecule has 28 heavy (non-hydrogen) atoms. The van der Waals surface area contributed by atoms with Crippen molar-refractivity contribution >= 4 is 40.1 Å². The van der Waals surface area contributed by atoms with E-state index in [1.165, 1.54) is 26.0 Å². The number of nitrogens with zero attached hydrogens (tertiary/aromatic N) is 1. The highest BCUT2D eigenvalue weighted by atomic mass is 32.2. The molecule has 0 spiro atoms. The number of nitrogens with one attached hydrogen (secondary N) is 3. The number of methoxy groups -OCH3 is 2. The first-order chi connectivity index (χ1) is 13.6. The number of para-hydroxylation sites is 1. The molecule has 0 unspecified atom stereocenters. The molecule has 3 N–H and O–H groups in total. The van der Waals surface area contributed by atoms with Gasteiger partial charge in [0.15, 0.2) is 16.7 Å². The lowest BCUT2D eigenvalue weighted by Crippen LogP contribution is -2.28. The van der Waals surface area contributed by atoms with Gasteiger partial charge < -0.3 is 20.1 Å². The number of amides is 2. The largest absolute Gasteiger partial charge is 0.493 e. The van der Waals surface area contributed by atoms with Gasteiger partial charge in [-0.3, -0.25) is 15.0 Å². The second-order valence-corrected chi connectivity index (χ2v) is 7.00. The van der Waals surface area contributed by atoms with E-state index in [1.807, 2.05) is 30.3 Å². The number of carbonyl (C=O) groups excluding carboxylic acids is 2. The molecule has 1 fully saturated rings. The zero-order valence-corrected chi connectivity index (χ0v) is 16.2. The van der Waals surface area contributed by atoms with Crippen LogP contribution in [-0.4, -0.2) is 36.5 Å². The Bertz CT molecular complexity index is 889. The summed E-state index contributed by atoms with van der Waals surface area (Å²) in [4.78, 5) is 24.4. The third kappa shape index (κ3) is 4.95. The van der Waals surface area contributed by atoms with Crippen molar-refractivity contribution in [2.24, 2.45) is 5.10 Å². The Balaban J connectivity index is 1.56. The second-order valence-electron chi connectivity index (χ2n) is 5.81. The maximum atomic E-state index is 12.3. The van der Waals surface area contributed by atoms with Gasteiger partial charge in [-0.1, -0.05) is 30.0 Å². The minimum atomic E-state index is -0.545. The maximum absolute atomic E-state index is 12.3.